The maximum absolute atomic E-state index is 4.74. The van der Waals surface area contributed by atoms with E-state index in [-0.39, 0.29) is 0 Å². The Kier molecular flexibility index (Phi) is 2.26. The maximum Gasteiger partial charge on any atom is 0.183 e. The summed E-state index contributed by atoms with van der Waals surface area (Å²) >= 11 is 0. The summed E-state index contributed by atoms with van der Waals surface area (Å²) in [6.45, 7) is 2.18. The number of anilines is 1. The van der Waals surface area contributed by atoms with Gasteiger partial charge in [-0.3, -0.25) is 0 Å². The molecular weight excluding hydrogens is 240 g/mol. The van der Waals surface area contributed by atoms with E-state index in [0.29, 0.717) is 0 Å². The molecule has 1 aliphatic heterocycles. The smallest absolute Gasteiger partial charge is 0.183 e. The predicted molar refractivity (Wildman–Crippen MR) is 71.6 cm³/mol. The summed E-state index contributed by atoms with van der Waals surface area (Å²) in [6.07, 6.45) is 9.91. The van der Waals surface area contributed by atoms with E-state index < -0.39 is 0 Å². The van der Waals surface area contributed by atoms with Crippen molar-refractivity contribution in [3.63, 3.8) is 0 Å². The Labute approximate surface area is 110 Å². The van der Waals surface area contributed by atoms with Crippen LogP contribution >= 0.6 is 0 Å². The van der Waals surface area contributed by atoms with E-state index >= 15 is 0 Å². The van der Waals surface area contributed by atoms with Gasteiger partial charge in [0.25, 0.3) is 0 Å². The summed E-state index contributed by atoms with van der Waals surface area (Å²) < 4.78 is 3.58. The molecule has 0 radical (unpaired) electrons. The molecule has 4 rings (SSSR count). The van der Waals surface area contributed by atoms with Crippen LogP contribution in [0.15, 0.2) is 36.9 Å². The van der Waals surface area contributed by atoms with Gasteiger partial charge in [0.15, 0.2) is 5.65 Å². The molecule has 0 amide bonds. The van der Waals surface area contributed by atoms with E-state index in [4.69, 9.17) is 4.98 Å². The maximum atomic E-state index is 4.74. The highest BCUT2D eigenvalue weighted by atomic mass is 15.3. The van der Waals surface area contributed by atoms with Gasteiger partial charge in [-0.1, -0.05) is 0 Å². The SMILES string of the molecule is c1cnn(-c2cnn3ccc(N4CCCC4)nc23)c1. The number of hydrogen-bond donors (Lipinski definition) is 0. The molecule has 19 heavy (non-hydrogen) atoms. The highest BCUT2D eigenvalue weighted by molar-refractivity contribution is 5.60. The molecule has 1 fully saturated rings. The highest BCUT2D eigenvalue weighted by Gasteiger charge is 2.15. The van der Waals surface area contributed by atoms with Crippen LogP contribution in [0, 0.1) is 0 Å². The molecule has 0 aliphatic carbocycles. The molecule has 3 aromatic heterocycles. The van der Waals surface area contributed by atoms with Crippen molar-refractivity contribution in [2.45, 2.75) is 12.8 Å². The van der Waals surface area contributed by atoms with Gasteiger partial charge in [-0.05, 0) is 25.0 Å². The topological polar surface area (TPSA) is 51.3 Å². The van der Waals surface area contributed by atoms with Crippen molar-refractivity contribution < 1.29 is 0 Å². The Bertz CT molecular complexity index is 693. The summed E-state index contributed by atoms with van der Waals surface area (Å²) in [4.78, 5) is 7.06. The predicted octanol–water partition coefficient (Wildman–Crippen LogP) is 1.52. The van der Waals surface area contributed by atoms with Gasteiger partial charge in [0.2, 0.25) is 0 Å². The van der Waals surface area contributed by atoms with Gasteiger partial charge < -0.3 is 4.90 Å². The zero-order valence-corrected chi connectivity index (χ0v) is 10.5. The fraction of sp³-hybridized carbons (Fsp3) is 0.308. The molecule has 0 atom stereocenters. The van der Waals surface area contributed by atoms with Crippen LogP contribution in [0.5, 0.6) is 0 Å². The third kappa shape index (κ3) is 1.68. The minimum atomic E-state index is 0.841. The van der Waals surface area contributed by atoms with E-state index in [2.05, 4.69) is 15.1 Å². The lowest BCUT2D eigenvalue weighted by Crippen LogP contribution is -2.19. The van der Waals surface area contributed by atoms with Crippen molar-refractivity contribution in [2.75, 3.05) is 18.0 Å². The van der Waals surface area contributed by atoms with Crippen molar-refractivity contribution in [2.24, 2.45) is 0 Å². The molecule has 1 aliphatic rings. The average Bonchev–Trinajstić information content (AvgIpc) is 3.18. The summed E-state index contributed by atoms with van der Waals surface area (Å²) in [5, 5.41) is 8.56. The second kappa shape index (κ2) is 4.08. The van der Waals surface area contributed by atoms with Crippen molar-refractivity contribution in [3.05, 3.63) is 36.9 Å². The normalized spacial score (nSPS) is 15.5. The standard InChI is InChI=1S/C13H14N6/c1-2-7-17(6-1)12-4-9-19-13(16-12)11(10-15-19)18-8-3-5-14-18/h3-5,8-10H,1-2,6-7H2. The molecule has 96 valence electrons. The Hall–Kier alpha value is -2.37. The molecule has 0 aromatic carbocycles. The number of fused-ring (bicyclic) bond motifs is 1. The van der Waals surface area contributed by atoms with Crippen LogP contribution in [0.25, 0.3) is 11.3 Å². The first kappa shape index (κ1) is 10.5. The summed E-state index contributed by atoms with van der Waals surface area (Å²) in [6, 6.07) is 3.92. The van der Waals surface area contributed by atoms with Crippen LogP contribution in [-0.2, 0) is 0 Å². The van der Waals surface area contributed by atoms with Gasteiger partial charge in [0.1, 0.15) is 11.5 Å². The van der Waals surface area contributed by atoms with Crippen LogP contribution in [0.2, 0.25) is 0 Å². The lowest BCUT2D eigenvalue weighted by Gasteiger charge is -2.16. The molecule has 3 aromatic rings. The van der Waals surface area contributed by atoms with E-state index in [9.17, 15) is 0 Å². The van der Waals surface area contributed by atoms with Crippen molar-refractivity contribution >= 4 is 11.5 Å². The van der Waals surface area contributed by atoms with E-state index in [1.54, 1.807) is 21.6 Å². The number of rotatable bonds is 2. The first-order valence-electron chi connectivity index (χ1n) is 6.51. The Morgan fingerprint density at radius 1 is 1.05 bits per heavy atom. The third-order valence-electron chi connectivity index (χ3n) is 3.52. The van der Waals surface area contributed by atoms with Gasteiger partial charge in [0.05, 0.1) is 6.20 Å². The molecule has 6 nitrogen and oxygen atoms in total. The fourth-order valence-corrected chi connectivity index (χ4v) is 2.54. The van der Waals surface area contributed by atoms with Crippen LogP contribution in [0.3, 0.4) is 0 Å². The van der Waals surface area contributed by atoms with Gasteiger partial charge in [0, 0.05) is 31.7 Å². The molecule has 0 unspecified atom stereocenters. The van der Waals surface area contributed by atoms with Gasteiger partial charge in [-0.15, -0.1) is 0 Å². The van der Waals surface area contributed by atoms with E-state index in [0.717, 1.165) is 30.2 Å². The van der Waals surface area contributed by atoms with Crippen LogP contribution in [0.1, 0.15) is 12.8 Å². The monoisotopic (exact) mass is 254 g/mol. The second-order valence-electron chi connectivity index (χ2n) is 4.73. The quantitative estimate of drug-likeness (QED) is 0.695. The number of aromatic nitrogens is 5. The van der Waals surface area contributed by atoms with Gasteiger partial charge in [-0.25, -0.2) is 14.2 Å². The first-order chi connectivity index (χ1) is 9.42. The van der Waals surface area contributed by atoms with Crippen LogP contribution in [0.4, 0.5) is 5.82 Å². The fourth-order valence-electron chi connectivity index (χ4n) is 2.54. The molecule has 4 heterocycles. The largest absolute Gasteiger partial charge is 0.356 e. The lowest BCUT2D eigenvalue weighted by atomic mass is 10.4. The molecule has 0 saturated carbocycles. The number of nitrogens with zero attached hydrogens (tertiary/aromatic N) is 6. The highest BCUT2D eigenvalue weighted by Crippen LogP contribution is 2.20. The second-order valence-corrected chi connectivity index (χ2v) is 4.73. The molecular formula is C13H14N6. The molecule has 6 heteroatoms. The van der Waals surface area contributed by atoms with Crippen molar-refractivity contribution in [3.8, 4) is 5.69 Å². The van der Waals surface area contributed by atoms with Crippen LogP contribution in [-0.4, -0.2) is 37.5 Å². The van der Waals surface area contributed by atoms with Crippen molar-refractivity contribution in [1.29, 1.82) is 0 Å². The Morgan fingerprint density at radius 2 is 1.95 bits per heavy atom. The summed E-state index contributed by atoms with van der Waals surface area (Å²) in [7, 11) is 0. The minimum Gasteiger partial charge on any atom is -0.356 e. The Morgan fingerprint density at radius 3 is 2.74 bits per heavy atom. The zero-order valence-electron chi connectivity index (χ0n) is 10.5. The third-order valence-corrected chi connectivity index (χ3v) is 3.52. The minimum absolute atomic E-state index is 0.841. The van der Waals surface area contributed by atoms with E-state index in [1.807, 2.05) is 24.5 Å². The van der Waals surface area contributed by atoms with Crippen LogP contribution < -0.4 is 4.90 Å². The number of hydrogen-bond acceptors (Lipinski definition) is 4. The summed E-state index contributed by atoms with van der Waals surface area (Å²) in [5.74, 6) is 1.03. The Balaban J connectivity index is 1.84. The van der Waals surface area contributed by atoms with Crippen molar-refractivity contribution in [1.82, 2.24) is 24.4 Å². The zero-order chi connectivity index (χ0) is 12.7. The van der Waals surface area contributed by atoms with E-state index in [1.165, 1.54) is 12.8 Å². The molecule has 1 saturated heterocycles. The molecule has 0 bridgehead atoms. The first-order valence-corrected chi connectivity index (χ1v) is 6.51. The molecule has 0 spiro atoms. The molecule has 0 N–H and O–H groups in total. The lowest BCUT2D eigenvalue weighted by molar-refractivity contribution is 0.878. The summed E-state index contributed by atoms with van der Waals surface area (Å²) in [5.41, 5.74) is 1.75. The van der Waals surface area contributed by atoms with Gasteiger partial charge in [-0.2, -0.15) is 10.2 Å². The van der Waals surface area contributed by atoms with Gasteiger partial charge >= 0.3 is 0 Å². The average molecular weight is 254 g/mol.